The van der Waals surface area contributed by atoms with Crippen LogP contribution < -0.4 is 14.8 Å². The molecule has 1 aliphatic rings. The van der Waals surface area contributed by atoms with Crippen molar-refractivity contribution in [2.24, 2.45) is 0 Å². The van der Waals surface area contributed by atoms with Gasteiger partial charge >= 0.3 is 0 Å². The molecule has 9 nitrogen and oxygen atoms in total. The fraction of sp³-hybridized carbons (Fsp3) is 0.355. The van der Waals surface area contributed by atoms with Crippen molar-refractivity contribution in [3.8, 4) is 17.2 Å². The first-order valence-corrected chi connectivity index (χ1v) is 13.7. The normalized spacial score (nSPS) is 14.2. The number of ether oxygens (including phenoxy) is 2. The lowest BCUT2D eigenvalue weighted by molar-refractivity contribution is -0.131. The molecule has 0 saturated carbocycles. The van der Waals surface area contributed by atoms with E-state index >= 15 is 0 Å². The summed E-state index contributed by atoms with van der Waals surface area (Å²) in [5, 5.41) is 4.21. The summed E-state index contributed by atoms with van der Waals surface area (Å²) in [6.07, 6.45) is 5.37. The van der Waals surface area contributed by atoms with Gasteiger partial charge in [-0.25, -0.2) is 9.97 Å². The molecule has 2 aromatic carbocycles. The van der Waals surface area contributed by atoms with Crippen molar-refractivity contribution in [3.63, 3.8) is 0 Å². The second-order valence-electron chi connectivity index (χ2n) is 10.4. The van der Waals surface area contributed by atoms with E-state index in [1.165, 1.54) is 19.2 Å². The number of amides is 1. The van der Waals surface area contributed by atoms with Crippen molar-refractivity contribution < 1.29 is 14.3 Å². The zero-order valence-electron chi connectivity index (χ0n) is 23.6. The maximum absolute atomic E-state index is 12.7. The van der Waals surface area contributed by atoms with Crippen molar-refractivity contribution in [1.82, 2.24) is 24.8 Å². The maximum Gasteiger partial charge on any atom is 0.236 e. The summed E-state index contributed by atoms with van der Waals surface area (Å²) in [6, 6.07) is 15.5. The molecule has 4 aromatic rings. The highest BCUT2D eigenvalue weighted by Crippen LogP contribution is 2.34. The molecule has 1 saturated heterocycles. The highest BCUT2D eigenvalue weighted by atomic mass is 16.5. The molecule has 1 unspecified atom stereocenters. The summed E-state index contributed by atoms with van der Waals surface area (Å²) >= 11 is 0. The van der Waals surface area contributed by atoms with Crippen molar-refractivity contribution in [2.75, 3.05) is 38.5 Å². The standard InChI is InChI=1S/C31H36N6O3/c1-21-16-24(11-13-27(21)40-25-12-10-22(2)32-17-25)35-31-30-26(33-20-34-31)8-7-9-28(30)39-23(3)18-36(4)29(38)19-37-14-5-6-15-37/h7-13,16-17,20,23H,5-6,14-15,18-19H2,1-4H3,(H,33,34,35). The van der Waals surface area contributed by atoms with Gasteiger partial charge in [0.15, 0.2) is 0 Å². The highest BCUT2D eigenvalue weighted by molar-refractivity contribution is 5.95. The molecule has 5 rings (SSSR count). The van der Waals surface area contributed by atoms with E-state index in [0.717, 1.165) is 46.7 Å². The number of fused-ring (bicyclic) bond motifs is 1. The Kier molecular flexibility index (Phi) is 8.40. The van der Waals surface area contributed by atoms with Crippen LogP contribution in [0.3, 0.4) is 0 Å². The van der Waals surface area contributed by atoms with E-state index in [9.17, 15) is 4.79 Å². The van der Waals surface area contributed by atoms with E-state index in [0.29, 0.717) is 30.4 Å². The van der Waals surface area contributed by atoms with Gasteiger partial charge in [-0.2, -0.15) is 0 Å². The van der Waals surface area contributed by atoms with Crippen LogP contribution in [0.2, 0.25) is 0 Å². The van der Waals surface area contributed by atoms with E-state index in [-0.39, 0.29) is 12.0 Å². The molecule has 2 aromatic heterocycles. The number of rotatable bonds is 10. The van der Waals surface area contributed by atoms with Crippen LogP contribution >= 0.6 is 0 Å². The van der Waals surface area contributed by atoms with Gasteiger partial charge in [0.2, 0.25) is 5.91 Å². The predicted molar refractivity (Wildman–Crippen MR) is 156 cm³/mol. The number of benzene rings is 2. The lowest BCUT2D eigenvalue weighted by Crippen LogP contribution is -2.41. The van der Waals surface area contributed by atoms with Crippen LogP contribution in [0.4, 0.5) is 11.5 Å². The predicted octanol–water partition coefficient (Wildman–Crippen LogP) is 5.50. The van der Waals surface area contributed by atoms with E-state index in [1.54, 1.807) is 11.1 Å². The van der Waals surface area contributed by atoms with Gasteiger partial charge in [-0.05, 0) is 94.7 Å². The molecular formula is C31H36N6O3. The van der Waals surface area contributed by atoms with Crippen LogP contribution in [0.5, 0.6) is 17.2 Å². The molecule has 9 heteroatoms. The molecule has 1 atom stereocenters. The Balaban J connectivity index is 1.29. The number of pyridine rings is 1. The number of likely N-dealkylation sites (tertiary alicyclic amines) is 1. The summed E-state index contributed by atoms with van der Waals surface area (Å²) in [5.41, 5.74) is 3.54. The minimum Gasteiger partial charge on any atom is -0.488 e. The van der Waals surface area contributed by atoms with Gasteiger partial charge in [0, 0.05) is 18.4 Å². The monoisotopic (exact) mass is 540 g/mol. The third kappa shape index (κ3) is 6.66. The Morgan fingerprint density at radius 1 is 1.05 bits per heavy atom. The summed E-state index contributed by atoms with van der Waals surface area (Å²) in [7, 11) is 1.84. The van der Waals surface area contributed by atoms with Gasteiger partial charge in [0.1, 0.15) is 35.5 Å². The second kappa shape index (κ2) is 12.3. The minimum absolute atomic E-state index is 0.113. The first-order chi connectivity index (χ1) is 19.4. The SMILES string of the molecule is Cc1ccc(Oc2ccc(Nc3ncnc4cccc(OC(C)CN(C)C(=O)CN5CCCC5)c34)cc2C)cn1. The topological polar surface area (TPSA) is 92.7 Å². The number of likely N-dealkylation sites (N-methyl/N-ethyl adjacent to an activating group) is 1. The van der Waals surface area contributed by atoms with Gasteiger partial charge in [0.25, 0.3) is 0 Å². The number of hydrogen-bond acceptors (Lipinski definition) is 8. The molecule has 1 aliphatic heterocycles. The zero-order chi connectivity index (χ0) is 28.1. The molecule has 1 amide bonds. The Labute approximate surface area is 235 Å². The van der Waals surface area contributed by atoms with Crippen molar-refractivity contribution in [3.05, 3.63) is 72.3 Å². The Hall–Kier alpha value is -4.24. The maximum atomic E-state index is 12.7. The average molecular weight is 541 g/mol. The van der Waals surface area contributed by atoms with Crippen molar-refractivity contribution in [1.29, 1.82) is 0 Å². The third-order valence-electron chi connectivity index (χ3n) is 7.02. The van der Waals surface area contributed by atoms with Gasteiger partial charge < -0.3 is 19.7 Å². The minimum atomic E-state index is -0.221. The van der Waals surface area contributed by atoms with E-state index < -0.39 is 0 Å². The van der Waals surface area contributed by atoms with Crippen LogP contribution in [0, 0.1) is 13.8 Å². The molecule has 0 spiro atoms. The number of nitrogens with one attached hydrogen (secondary N) is 1. The number of carbonyl (C=O) groups is 1. The van der Waals surface area contributed by atoms with Crippen molar-refractivity contribution >= 4 is 28.3 Å². The smallest absolute Gasteiger partial charge is 0.236 e. The van der Waals surface area contributed by atoms with Crippen LogP contribution in [0.25, 0.3) is 10.9 Å². The molecule has 0 bridgehead atoms. The highest BCUT2D eigenvalue weighted by Gasteiger charge is 2.20. The fourth-order valence-corrected chi connectivity index (χ4v) is 4.89. The van der Waals surface area contributed by atoms with Gasteiger partial charge in [0.05, 0.1) is 30.2 Å². The first-order valence-electron chi connectivity index (χ1n) is 13.7. The van der Waals surface area contributed by atoms with E-state index in [2.05, 4.69) is 25.2 Å². The molecule has 40 heavy (non-hydrogen) atoms. The molecule has 0 radical (unpaired) electrons. The number of nitrogens with zero attached hydrogens (tertiary/aromatic N) is 5. The molecule has 0 aliphatic carbocycles. The molecule has 208 valence electrons. The lowest BCUT2D eigenvalue weighted by Gasteiger charge is -2.25. The van der Waals surface area contributed by atoms with Gasteiger partial charge in [-0.1, -0.05) is 6.07 Å². The van der Waals surface area contributed by atoms with Crippen molar-refractivity contribution in [2.45, 2.75) is 39.7 Å². The third-order valence-corrected chi connectivity index (χ3v) is 7.02. The Morgan fingerprint density at radius 3 is 2.62 bits per heavy atom. The lowest BCUT2D eigenvalue weighted by atomic mass is 10.1. The van der Waals surface area contributed by atoms with Crippen LogP contribution in [-0.2, 0) is 4.79 Å². The quantitative estimate of drug-likeness (QED) is 0.282. The summed E-state index contributed by atoms with van der Waals surface area (Å²) in [5.74, 6) is 2.86. The van der Waals surface area contributed by atoms with Gasteiger partial charge in [-0.3, -0.25) is 14.7 Å². The number of aryl methyl sites for hydroxylation is 2. The summed E-state index contributed by atoms with van der Waals surface area (Å²) in [6.45, 7) is 8.85. The summed E-state index contributed by atoms with van der Waals surface area (Å²) in [4.78, 5) is 30.0. The number of hydrogen-bond donors (Lipinski definition) is 1. The molecule has 1 fully saturated rings. The number of carbonyl (C=O) groups excluding carboxylic acids is 1. The van der Waals surface area contributed by atoms with Crippen LogP contribution in [0.1, 0.15) is 31.0 Å². The van der Waals surface area contributed by atoms with E-state index in [1.807, 2.05) is 76.3 Å². The zero-order valence-corrected chi connectivity index (χ0v) is 23.6. The largest absolute Gasteiger partial charge is 0.488 e. The molecule has 3 heterocycles. The number of anilines is 2. The first kappa shape index (κ1) is 27.3. The van der Waals surface area contributed by atoms with Crippen LogP contribution in [-0.4, -0.2) is 70.0 Å². The second-order valence-corrected chi connectivity index (χ2v) is 10.4. The summed E-state index contributed by atoms with van der Waals surface area (Å²) < 4.78 is 12.4. The number of aromatic nitrogens is 3. The van der Waals surface area contributed by atoms with Gasteiger partial charge in [-0.15, -0.1) is 0 Å². The van der Waals surface area contributed by atoms with Crippen LogP contribution in [0.15, 0.2) is 61.1 Å². The van der Waals surface area contributed by atoms with E-state index in [4.69, 9.17) is 9.47 Å². The Bertz CT molecular complexity index is 1460. The molecular weight excluding hydrogens is 504 g/mol. The average Bonchev–Trinajstić information content (AvgIpc) is 3.44. The Morgan fingerprint density at radius 2 is 1.88 bits per heavy atom. The fourth-order valence-electron chi connectivity index (χ4n) is 4.89. The molecule has 1 N–H and O–H groups in total.